The molecule has 0 aliphatic carbocycles. The minimum Gasteiger partial charge on any atom is -0.463 e. The molecule has 3 aromatic heterocycles. The lowest BCUT2D eigenvalue weighted by molar-refractivity contribution is 0.0702. The van der Waals surface area contributed by atoms with Crippen LogP contribution in [0.1, 0.15) is 16.1 Å². The first-order valence-electron chi connectivity index (χ1n) is 6.63. The van der Waals surface area contributed by atoms with Crippen molar-refractivity contribution in [2.75, 3.05) is 13.2 Å². The monoisotopic (exact) mass is 285 g/mol. The summed E-state index contributed by atoms with van der Waals surface area (Å²) in [5.74, 6) is -0.181. The topological polar surface area (TPSA) is 82.4 Å². The van der Waals surface area contributed by atoms with Crippen LogP contribution in [0.25, 0.3) is 11.1 Å². The number of aliphatic hydroxyl groups is 1. The molecule has 6 heteroatoms. The lowest BCUT2D eigenvalue weighted by Gasteiger charge is -2.21. The Balaban J connectivity index is 1.82. The quantitative estimate of drug-likeness (QED) is 0.748. The van der Waals surface area contributed by atoms with Gasteiger partial charge < -0.3 is 19.4 Å². The molecule has 6 nitrogen and oxygen atoms in total. The van der Waals surface area contributed by atoms with E-state index in [9.17, 15) is 9.90 Å². The first kappa shape index (κ1) is 13.4. The predicted octanol–water partition coefficient (Wildman–Crippen LogP) is 1.79. The molecule has 0 bridgehead atoms. The van der Waals surface area contributed by atoms with E-state index in [1.165, 1.54) is 0 Å². The zero-order chi connectivity index (χ0) is 14.7. The smallest absolute Gasteiger partial charge is 0.270 e. The fourth-order valence-corrected chi connectivity index (χ4v) is 2.22. The Morgan fingerprint density at radius 1 is 1.43 bits per heavy atom. The number of furan rings is 1. The Bertz CT molecular complexity index is 704. The second kappa shape index (κ2) is 5.80. The molecular weight excluding hydrogens is 270 g/mol. The summed E-state index contributed by atoms with van der Waals surface area (Å²) in [4.78, 5) is 21.2. The summed E-state index contributed by atoms with van der Waals surface area (Å²) in [6.07, 6.45) is 4.95. The van der Waals surface area contributed by atoms with Crippen LogP contribution in [-0.4, -0.2) is 39.0 Å². The number of nitrogens with one attached hydrogen (secondary N) is 1. The Morgan fingerprint density at radius 3 is 3.05 bits per heavy atom. The van der Waals surface area contributed by atoms with Crippen LogP contribution in [0.4, 0.5) is 0 Å². The number of aromatic amines is 1. The van der Waals surface area contributed by atoms with Gasteiger partial charge in [0, 0.05) is 37.6 Å². The number of fused-ring (bicyclic) bond motifs is 1. The van der Waals surface area contributed by atoms with Crippen molar-refractivity contribution >= 4 is 17.0 Å². The first-order valence-corrected chi connectivity index (χ1v) is 6.63. The molecule has 3 rings (SSSR count). The van der Waals surface area contributed by atoms with E-state index < -0.39 is 0 Å². The second-order valence-corrected chi connectivity index (χ2v) is 4.69. The Labute approximate surface area is 121 Å². The van der Waals surface area contributed by atoms with Gasteiger partial charge in [0.25, 0.3) is 5.91 Å². The van der Waals surface area contributed by atoms with Crippen LogP contribution in [0.2, 0.25) is 0 Å². The van der Waals surface area contributed by atoms with Gasteiger partial charge >= 0.3 is 0 Å². The highest BCUT2D eigenvalue weighted by Gasteiger charge is 2.18. The van der Waals surface area contributed by atoms with Crippen LogP contribution in [0.3, 0.4) is 0 Å². The van der Waals surface area contributed by atoms with E-state index >= 15 is 0 Å². The van der Waals surface area contributed by atoms with E-state index in [-0.39, 0.29) is 19.1 Å². The van der Waals surface area contributed by atoms with Gasteiger partial charge in [-0.3, -0.25) is 9.78 Å². The van der Waals surface area contributed by atoms with Crippen LogP contribution >= 0.6 is 0 Å². The number of nitrogens with zero attached hydrogens (tertiary/aromatic N) is 2. The molecule has 0 unspecified atom stereocenters. The molecule has 0 fully saturated rings. The van der Waals surface area contributed by atoms with Gasteiger partial charge in [0.2, 0.25) is 0 Å². The van der Waals surface area contributed by atoms with Crippen LogP contribution in [-0.2, 0) is 6.54 Å². The number of hydrogen-bond donors (Lipinski definition) is 2. The van der Waals surface area contributed by atoms with Gasteiger partial charge in [0.05, 0.1) is 18.4 Å². The Kier molecular flexibility index (Phi) is 3.70. The zero-order valence-electron chi connectivity index (χ0n) is 11.3. The number of hydrogen-bond acceptors (Lipinski definition) is 4. The molecule has 2 N–H and O–H groups in total. The van der Waals surface area contributed by atoms with Crippen molar-refractivity contribution in [3.63, 3.8) is 0 Å². The lowest BCUT2D eigenvalue weighted by Crippen LogP contribution is -2.33. The average Bonchev–Trinajstić information content (AvgIpc) is 3.08. The standard InChI is InChI=1S/C15H15N3O3/c19-6-5-18(10-11-2-1-4-16-9-11)15(20)13-8-14-12(17-13)3-7-21-14/h1-4,7-9,17,19H,5-6,10H2. The number of pyridine rings is 1. The van der Waals surface area contributed by atoms with Crippen molar-refractivity contribution in [1.82, 2.24) is 14.9 Å². The second-order valence-electron chi connectivity index (χ2n) is 4.69. The average molecular weight is 285 g/mol. The third-order valence-corrected chi connectivity index (χ3v) is 3.22. The number of aromatic nitrogens is 2. The van der Waals surface area contributed by atoms with Crippen molar-refractivity contribution in [2.45, 2.75) is 6.54 Å². The van der Waals surface area contributed by atoms with Gasteiger partial charge in [-0.25, -0.2) is 0 Å². The van der Waals surface area contributed by atoms with Crippen molar-refractivity contribution in [1.29, 1.82) is 0 Å². The van der Waals surface area contributed by atoms with Gasteiger partial charge in [-0.2, -0.15) is 0 Å². The third-order valence-electron chi connectivity index (χ3n) is 3.22. The van der Waals surface area contributed by atoms with Gasteiger partial charge in [0.15, 0.2) is 5.58 Å². The summed E-state index contributed by atoms with van der Waals surface area (Å²) in [6, 6.07) is 7.15. The van der Waals surface area contributed by atoms with Crippen molar-refractivity contribution in [3.8, 4) is 0 Å². The Hall–Kier alpha value is -2.60. The number of carbonyl (C=O) groups excluding carboxylic acids is 1. The largest absolute Gasteiger partial charge is 0.463 e. The molecule has 0 atom stereocenters. The maximum absolute atomic E-state index is 12.5. The van der Waals surface area contributed by atoms with Crippen LogP contribution in [0, 0.1) is 0 Å². The van der Waals surface area contributed by atoms with Crippen LogP contribution in [0.5, 0.6) is 0 Å². The molecule has 0 saturated heterocycles. The molecule has 0 aliphatic heterocycles. The predicted molar refractivity (Wildman–Crippen MR) is 76.6 cm³/mol. The summed E-state index contributed by atoms with van der Waals surface area (Å²) in [7, 11) is 0. The van der Waals surface area contributed by atoms with Crippen molar-refractivity contribution in [2.24, 2.45) is 0 Å². The molecule has 0 radical (unpaired) electrons. The molecule has 3 aromatic rings. The summed E-state index contributed by atoms with van der Waals surface area (Å²) in [5, 5.41) is 9.17. The van der Waals surface area contributed by atoms with E-state index in [1.54, 1.807) is 35.7 Å². The molecule has 0 aliphatic rings. The van der Waals surface area contributed by atoms with E-state index in [0.29, 0.717) is 17.8 Å². The third kappa shape index (κ3) is 2.80. The normalized spacial score (nSPS) is 10.9. The molecule has 1 amide bonds. The summed E-state index contributed by atoms with van der Waals surface area (Å²) < 4.78 is 5.25. The van der Waals surface area contributed by atoms with Gasteiger partial charge in [0.1, 0.15) is 5.69 Å². The summed E-state index contributed by atoms with van der Waals surface area (Å²) in [6.45, 7) is 0.560. The highest BCUT2D eigenvalue weighted by Crippen LogP contribution is 2.18. The summed E-state index contributed by atoms with van der Waals surface area (Å²) in [5.41, 5.74) is 2.78. The number of carbonyl (C=O) groups is 1. The lowest BCUT2D eigenvalue weighted by atomic mass is 10.2. The SMILES string of the molecule is O=C(c1cc2occc2[nH]1)N(CCO)Cc1cccnc1. The molecule has 0 aromatic carbocycles. The van der Waals surface area contributed by atoms with Crippen molar-refractivity contribution < 1.29 is 14.3 Å². The molecule has 21 heavy (non-hydrogen) atoms. The highest BCUT2D eigenvalue weighted by molar-refractivity contribution is 5.96. The highest BCUT2D eigenvalue weighted by atomic mass is 16.3. The fourth-order valence-electron chi connectivity index (χ4n) is 2.22. The van der Waals surface area contributed by atoms with E-state index in [2.05, 4.69) is 9.97 Å². The van der Waals surface area contributed by atoms with Crippen LogP contribution < -0.4 is 0 Å². The van der Waals surface area contributed by atoms with Crippen molar-refractivity contribution in [3.05, 3.63) is 54.2 Å². The van der Waals surface area contributed by atoms with Gasteiger partial charge in [-0.05, 0) is 11.6 Å². The number of aliphatic hydroxyl groups excluding tert-OH is 1. The van der Waals surface area contributed by atoms with E-state index in [1.807, 2.05) is 12.1 Å². The number of rotatable bonds is 5. The maximum atomic E-state index is 12.5. The minimum atomic E-state index is -0.181. The molecule has 108 valence electrons. The Morgan fingerprint density at radius 2 is 2.33 bits per heavy atom. The molecule has 0 saturated carbocycles. The number of amides is 1. The van der Waals surface area contributed by atoms with E-state index in [0.717, 1.165) is 11.1 Å². The molecular formula is C15H15N3O3. The van der Waals surface area contributed by atoms with Gasteiger partial charge in [-0.15, -0.1) is 0 Å². The fraction of sp³-hybridized carbons (Fsp3) is 0.200. The number of H-pyrrole nitrogens is 1. The van der Waals surface area contributed by atoms with E-state index in [4.69, 9.17) is 4.42 Å². The van der Waals surface area contributed by atoms with Gasteiger partial charge in [-0.1, -0.05) is 6.07 Å². The molecule has 0 spiro atoms. The minimum absolute atomic E-state index is 0.0944. The van der Waals surface area contributed by atoms with Crippen LogP contribution in [0.15, 0.2) is 47.3 Å². The molecule has 3 heterocycles. The first-order chi connectivity index (χ1) is 10.3. The maximum Gasteiger partial charge on any atom is 0.270 e. The summed E-state index contributed by atoms with van der Waals surface area (Å²) >= 11 is 0. The zero-order valence-corrected chi connectivity index (χ0v) is 11.3.